The van der Waals surface area contributed by atoms with Crippen LogP contribution in [-0.4, -0.2) is 35.3 Å². The molecule has 9 heteroatoms. The number of hydrogen-bond donors (Lipinski definition) is 1. The Hall–Kier alpha value is -4.89. The topological polar surface area (TPSA) is 94.9 Å². The third-order valence-electron chi connectivity index (χ3n) is 7.48. The van der Waals surface area contributed by atoms with Gasteiger partial charge >= 0.3 is 5.97 Å². The molecule has 0 spiro atoms. The van der Waals surface area contributed by atoms with Gasteiger partial charge in [0, 0.05) is 10.9 Å². The number of nitrogens with one attached hydrogen (secondary N) is 1. The van der Waals surface area contributed by atoms with Crippen molar-refractivity contribution in [1.82, 2.24) is 9.55 Å². The summed E-state index contributed by atoms with van der Waals surface area (Å²) in [5.41, 5.74) is 4.93. The number of nitrogens with zero attached hydrogens (tertiary/aromatic N) is 2. The number of H-pyrrole nitrogens is 1. The molecule has 3 heterocycles. The number of carbonyl (C=O) groups is 1. The number of allylic oxidation sites excluding steroid dienone is 1. The average Bonchev–Trinajstić information content (AvgIpc) is 3.54. The highest BCUT2D eigenvalue weighted by molar-refractivity contribution is 7.07. The van der Waals surface area contributed by atoms with E-state index in [0.717, 1.165) is 33.3 Å². The number of benzene rings is 3. The molecule has 0 unspecified atom stereocenters. The van der Waals surface area contributed by atoms with Crippen LogP contribution in [0.4, 0.5) is 0 Å². The number of hydrogen-bond acceptors (Lipinski definition) is 7. The molecule has 1 atom stereocenters. The van der Waals surface area contributed by atoms with Gasteiger partial charge in [-0.15, -0.1) is 0 Å². The maximum Gasteiger partial charge on any atom is 0.338 e. The van der Waals surface area contributed by atoms with E-state index in [1.165, 1.54) is 11.3 Å². The molecule has 1 aliphatic rings. The van der Waals surface area contributed by atoms with Crippen molar-refractivity contribution in [2.75, 3.05) is 13.7 Å². The Kier molecular flexibility index (Phi) is 7.97. The van der Waals surface area contributed by atoms with Crippen molar-refractivity contribution in [2.45, 2.75) is 39.8 Å². The van der Waals surface area contributed by atoms with Crippen molar-refractivity contribution in [2.24, 2.45) is 4.99 Å². The van der Waals surface area contributed by atoms with E-state index in [1.807, 2.05) is 92.7 Å². The Morgan fingerprint density at radius 2 is 1.82 bits per heavy atom. The first kappa shape index (κ1) is 29.2. The average molecular weight is 608 g/mol. The summed E-state index contributed by atoms with van der Waals surface area (Å²) < 4.78 is 19.0. The fraction of sp³-hybridized carbons (Fsp3) is 0.229. The van der Waals surface area contributed by atoms with Crippen LogP contribution in [0.15, 0.2) is 93.9 Å². The summed E-state index contributed by atoms with van der Waals surface area (Å²) in [7, 11) is 1.64. The Labute approximate surface area is 258 Å². The largest absolute Gasteiger partial charge is 0.495 e. The van der Waals surface area contributed by atoms with E-state index < -0.39 is 12.0 Å². The number of carbonyl (C=O) groups excluding carboxylic acids is 1. The minimum Gasteiger partial charge on any atom is -0.495 e. The van der Waals surface area contributed by atoms with Gasteiger partial charge in [0.25, 0.3) is 5.56 Å². The highest BCUT2D eigenvalue weighted by atomic mass is 32.1. The van der Waals surface area contributed by atoms with Crippen LogP contribution in [0, 0.1) is 0 Å². The summed E-state index contributed by atoms with van der Waals surface area (Å²) in [5.74, 6) is 0.920. The van der Waals surface area contributed by atoms with E-state index in [1.54, 1.807) is 25.5 Å². The molecule has 1 aliphatic heterocycles. The molecule has 0 amide bonds. The van der Waals surface area contributed by atoms with Crippen molar-refractivity contribution in [3.63, 3.8) is 0 Å². The molecule has 0 saturated carbocycles. The first-order chi connectivity index (χ1) is 21.3. The Morgan fingerprint density at radius 1 is 1.07 bits per heavy atom. The number of ether oxygens (including phenoxy) is 3. The summed E-state index contributed by atoms with van der Waals surface area (Å²) >= 11 is 1.30. The lowest BCUT2D eigenvalue weighted by Crippen LogP contribution is -2.39. The smallest absolute Gasteiger partial charge is 0.338 e. The number of thiazole rings is 1. The van der Waals surface area contributed by atoms with E-state index in [0.29, 0.717) is 32.1 Å². The monoisotopic (exact) mass is 607 g/mol. The van der Waals surface area contributed by atoms with Gasteiger partial charge in [0.15, 0.2) is 4.80 Å². The number of rotatable bonds is 8. The predicted molar refractivity (Wildman–Crippen MR) is 173 cm³/mol. The van der Waals surface area contributed by atoms with Crippen LogP contribution >= 0.6 is 11.3 Å². The van der Waals surface area contributed by atoms with Crippen molar-refractivity contribution in [3.8, 4) is 22.8 Å². The first-order valence-corrected chi connectivity index (χ1v) is 15.3. The molecule has 0 bridgehead atoms. The number of aromatic nitrogens is 2. The fourth-order valence-corrected chi connectivity index (χ4v) is 6.63. The third kappa shape index (κ3) is 5.24. The van der Waals surface area contributed by atoms with Crippen molar-refractivity contribution < 1.29 is 19.0 Å². The SMILES string of the molecule is CCOC(=O)C1=C(C)N=c2s/c(=C\c3c(-c4ccccc4)[nH]c4c(OC)cccc34)c(=O)n2[C@H]1c1ccc(OC(C)C)cc1. The van der Waals surface area contributed by atoms with Gasteiger partial charge < -0.3 is 19.2 Å². The van der Waals surface area contributed by atoms with E-state index in [4.69, 9.17) is 19.2 Å². The van der Waals surface area contributed by atoms with Gasteiger partial charge in [0.2, 0.25) is 0 Å². The fourth-order valence-electron chi connectivity index (χ4n) is 5.60. The van der Waals surface area contributed by atoms with Gasteiger partial charge in [-0.05, 0) is 63.1 Å². The Balaban J connectivity index is 1.58. The van der Waals surface area contributed by atoms with Gasteiger partial charge in [-0.25, -0.2) is 9.79 Å². The highest BCUT2D eigenvalue weighted by Crippen LogP contribution is 2.36. The van der Waals surface area contributed by atoms with Crippen molar-refractivity contribution >= 4 is 34.3 Å². The third-order valence-corrected chi connectivity index (χ3v) is 8.46. The number of aromatic amines is 1. The van der Waals surface area contributed by atoms with Gasteiger partial charge in [-0.1, -0.05) is 65.9 Å². The molecule has 5 aromatic rings. The van der Waals surface area contributed by atoms with E-state index in [2.05, 4.69) is 4.98 Å². The minimum atomic E-state index is -0.711. The quantitative estimate of drug-likeness (QED) is 0.227. The second kappa shape index (κ2) is 12.0. The number of para-hydroxylation sites is 1. The summed E-state index contributed by atoms with van der Waals surface area (Å²) in [5, 5.41) is 0.926. The molecule has 224 valence electrons. The molecule has 6 rings (SSSR count). The van der Waals surface area contributed by atoms with Crippen molar-refractivity contribution in [1.29, 1.82) is 0 Å². The van der Waals surface area contributed by atoms with Gasteiger partial charge in [-0.3, -0.25) is 9.36 Å². The lowest BCUT2D eigenvalue weighted by atomic mass is 9.96. The maximum atomic E-state index is 14.3. The van der Waals surface area contributed by atoms with Crippen LogP contribution in [0.25, 0.3) is 28.2 Å². The van der Waals surface area contributed by atoms with Crippen LogP contribution in [0.5, 0.6) is 11.5 Å². The zero-order chi connectivity index (χ0) is 31.0. The number of esters is 1. The molecule has 0 radical (unpaired) electrons. The molecule has 1 N–H and O–H groups in total. The second-order valence-corrected chi connectivity index (χ2v) is 11.7. The molecule has 44 heavy (non-hydrogen) atoms. The maximum absolute atomic E-state index is 14.3. The lowest BCUT2D eigenvalue weighted by Gasteiger charge is -2.25. The summed E-state index contributed by atoms with van der Waals surface area (Å²) in [6, 6.07) is 22.6. The molecular formula is C35H33N3O5S. The van der Waals surface area contributed by atoms with Crippen LogP contribution in [0.3, 0.4) is 0 Å². The van der Waals surface area contributed by atoms with Crippen LogP contribution in [-0.2, 0) is 9.53 Å². The molecule has 8 nitrogen and oxygen atoms in total. The lowest BCUT2D eigenvalue weighted by molar-refractivity contribution is -0.139. The van der Waals surface area contributed by atoms with Crippen LogP contribution in [0.1, 0.15) is 44.9 Å². The van der Waals surface area contributed by atoms with Crippen molar-refractivity contribution in [3.05, 3.63) is 115 Å². The van der Waals surface area contributed by atoms with E-state index in [9.17, 15) is 9.59 Å². The van der Waals surface area contributed by atoms with Gasteiger partial charge in [0.1, 0.15) is 11.5 Å². The highest BCUT2D eigenvalue weighted by Gasteiger charge is 2.33. The molecule has 0 fully saturated rings. The normalized spacial score (nSPS) is 15.0. The summed E-state index contributed by atoms with van der Waals surface area (Å²) in [6.07, 6.45) is 1.92. The van der Waals surface area contributed by atoms with Gasteiger partial charge in [0.05, 0.1) is 52.9 Å². The number of methoxy groups -OCH3 is 1. The van der Waals surface area contributed by atoms with Gasteiger partial charge in [-0.2, -0.15) is 0 Å². The molecule has 0 saturated heterocycles. The number of fused-ring (bicyclic) bond motifs is 2. The molecule has 0 aliphatic carbocycles. The zero-order valence-corrected chi connectivity index (χ0v) is 26.0. The molecule has 2 aromatic heterocycles. The summed E-state index contributed by atoms with van der Waals surface area (Å²) in [4.78, 5) is 36.4. The van der Waals surface area contributed by atoms with Crippen LogP contribution in [0.2, 0.25) is 0 Å². The standard InChI is InChI=1S/C35H33N3O5S/c1-6-42-34(40)29-21(4)36-35-38(32(29)23-15-17-24(18-16-23)43-20(2)3)33(39)28(44-35)19-26-25-13-10-14-27(41-5)31(25)37-30(26)22-11-8-7-9-12-22/h7-20,32,37H,6H2,1-5H3/b28-19-/t32-/m0/s1. The molecule has 3 aromatic carbocycles. The van der Waals surface area contributed by atoms with Crippen LogP contribution < -0.4 is 24.4 Å². The second-order valence-electron chi connectivity index (χ2n) is 10.7. The van der Waals surface area contributed by atoms with E-state index in [-0.39, 0.29) is 18.3 Å². The Morgan fingerprint density at radius 3 is 2.50 bits per heavy atom. The minimum absolute atomic E-state index is 0.0148. The summed E-state index contributed by atoms with van der Waals surface area (Å²) in [6.45, 7) is 7.68. The predicted octanol–water partition coefficient (Wildman–Crippen LogP) is 5.74. The van der Waals surface area contributed by atoms with E-state index >= 15 is 0 Å². The first-order valence-electron chi connectivity index (χ1n) is 14.5. The zero-order valence-electron chi connectivity index (χ0n) is 25.2. The molecular weight excluding hydrogens is 574 g/mol. The Bertz CT molecular complexity index is 2070.